The minimum atomic E-state index is -0.118. The van der Waals surface area contributed by atoms with Crippen molar-refractivity contribution < 1.29 is 0 Å². The van der Waals surface area contributed by atoms with Crippen molar-refractivity contribution in [1.29, 1.82) is 0 Å². The highest BCUT2D eigenvalue weighted by atomic mass is 35.5. The molecule has 7 heteroatoms. The van der Waals surface area contributed by atoms with Gasteiger partial charge in [0.25, 0.3) is 0 Å². The quantitative estimate of drug-likeness (QED) is 0.221. The molecule has 5 nitrogen and oxygen atoms in total. The Morgan fingerprint density at radius 2 is 1.74 bits per heavy atom. The summed E-state index contributed by atoms with van der Waals surface area (Å²) in [5.74, 6) is 1.30. The van der Waals surface area contributed by atoms with Gasteiger partial charge in [-0.25, -0.2) is 0 Å². The van der Waals surface area contributed by atoms with Crippen LogP contribution in [0.1, 0.15) is 73.0 Å². The molecule has 4 aromatic rings. The van der Waals surface area contributed by atoms with E-state index in [1.54, 1.807) is 0 Å². The number of nitrogens with one attached hydrogen (secondary N) is 1. The van der Waals surface area contributed by atoms with E-state index in [4.69, 9.17) is 28.8 Å². The van der Waals surface area contributed by atoms with Crippen molar-refractivity contribution in [2.45, 2.75) is 66.5 Å². The van der Waals surface area contributed by atoms with E-state index in [1.165, 1.54) is 40.2 Å². The normalized spacial score (nSPS) is 22.3. The van der Waals surface area contributed by atoms with E-state index < -0.39 is 0 Å². The molecule has 2 fully saturated rings. The van der Waals surface area contributed by atoms with E-state index in [9.17, 15) is 0 Å². The maximum Gasteiger partial charge on any atom is 0.174 e. The molecule has 2 aliphatic heterocycles. The smallest absolute Gasteiger partial charge is 0.174 e. The molecule has 43 heavy (non-hydrogen) atoms. The molecule has 2 saturated heterocycles. The van der Waals surface area contributed by atoms with Crippen molar-refractivity contribution in [1.82, 2.24) is 14.9 Å². The summed E-state index contributed by atoms with van der Waals surface area (Å²) in [4.78, 5) is 9.47. The third-order valence-corrected chi connectivity index (χ3v) is 9.85. The molecule has 0 amide bonds. The summed E-state index contributed by atoms with van der Waals surface area (Å²) in [7, 11) is 0. The molecule has 0 unspecified atom stereocenters. The van der Waals surface area contributed by atoms with Crippen LogP contribution in [0.25, 0.3) is 5.69 Å². The van der Waals surface area contributed by atoms with Crippen LogP contribution in [0.4, 0.5) is 11.4 Å². The second-order valence-electron chi connectivity index (χ2n) is 12.6. The number of aryl methyl sites for hydroxylation is 3. The lowest BCUT2D eigenvalue weighted by atomic mass is 9.91. The van der Waals surface area contributed by atoms with Crippen molar-refractivity contribution in [3.63, 3.8) is 0 Å². The monoisotopic (exact) mass is 611 g/mol. The summed E-state index contributed by atoms with van der Waals surface area (Å²) in [6.45, 7) is 15.6. The molecule has 0 aliphatic carbocycles. The number of pyridine rings is 1. The SMILES string of the molecule is CCc1cccc(C)c1-n1c(C)cc([C@H]2[C@H](c3ccccn3)NC(=S)N2c2ccc(N3C[C@H](C)C[C@H](C)C3)c(Cl)c2)c1C. The van der Waals surface area contributed by atoms with Gasteiger partial charge in [0, 0.05) is 36.4 Å². The highest BCUT2D eigenvalue weighted by molar-refractivity contribution is 7.80. The van der Waals surface area contributed by atoms with Crippen LogP contribution in [0.3, 0.4) is 0 Å². The van der Waals surface area contributed by atoms with E-state index in [0.29, 0.717) is 16.9 Å². The Hall–Kier alpha value is -3.35. The predicted octanol–water partition coefficient (Wildman–Crippen LogP) is 8.67. The molecule has 2 aromatic heterocycles. The number of para-hydroxylation sites is 1. The highest BCUT2D eigenvalue weighted by Gasteiger charge is 2.42. The van der Waals surface area contributed by atoms with Gasteiger partial charge < -0.3 is 19.7 Å². The largest absolute Gasteiger partial charge is 0.370 e. The number of aromatic nitrogens is 2. The fraction of sp³-hybridized carbons (Fsp3) is 0.389. The van der Waals surface area contributed by atoms with Gasteiger partial charge in [-0.15, -0.1) is 0 Å². The first-order valence-corrected chi connectivity index (χ1v) is 16.3. The molecule has 0 radical (unpaired) electrons. The van der Waals surface area contributed by atoms with E-state index in [0.717, 1.165) is 41.6 Å². The lowest BCUT2D eigenvalue weighted by Crippen LogP contribution is -2.38. The zero-order valence-corrected chi connectivity index (χ0v) is 27.6. The second-order valence-corrected chi connectivity index (χ2v) is 13.4. The highest BCUT2D eigenvalue weighted by Crippen LogP contribution is 2.45. The number of benzene rings is 2. The minimum absolute atomic E-state index is 0.103. The van der Waals surface area contributed by atoms with Crippen LogP contribution >= 0.6 is 23.8 Å². The van der Waals surface area contributed by atoms with E-state index in [2.05, 4.69) is 110 Å². The van der Waals surface area contributed by atoms with Crippen molar-refractivity contribution >= 4 is 40.3 Å². The topological polar surface area (TPSA) is 36.3 Å². The Morgan fingerprint density at radius 1 is 0.977 bits per heavy atom. The Labute approximate surface area is 266 Å². The number of nitrogens with zero attached hydrogens (tertiary/aromatic N) is 4. The van der Waals surface area contributed by atoms with E-state index in [-0.39, 0.29) is 12.1 Å². The molecule has 4 heterocycles. The molecule has 2 aromatic carbocycles. The molecule has 2 aliphatic rings. The summed E-state index contributed by atoms with van der Waals surface area (Å²) in [6, 6.07) is 21.3. The summed E-state index contributed by atoms with van der Waals surface area (Å²) in [5, 5.41) is 5.08. The zero-order chi connectivity index (χ0) is 30.4. The Bertz CT molecular complexity index is 1640. The van der Waals surface area contributed by atoms with Gasteiger partial charge in [0.1, 0.15) is 0 Å². The van der Waals surface area contributed by atoms with Crippen molar-refractivity contribution in [3.05, 3.63) is 106 Å². The van der Waals surface area contributed by atoms with Gasteiger partial charge in [-0.1, -0.05) is 56.6 Å². The molecular formula is C36H42ClN5S. The molecule has 0 spiro atoms. The van der Waals surface area contributed by atoms with Crippen LogP contribution in [-0.4, -0.2) is 27.8 Å². The van der Waals surface area contributed by atoms with Crippen molar-refractivity contribution in [3.8, 4) is 5.69 Å². The number of piperidine rings is 1. The fourth-order valence-corrected chi connectivity index (χ4v) is 8.11. The summed E-state index contributed by atoms with van der Waals surface area (Å²) < 4.78 is 2.42. The lowest BCUT2D eigenvalue weighted by molar-refractivity contribution is 0.357. The van der Waals surface area contributed by atoms with Gasteiger partial charge >= 0.3 is 0 Å². The number of hydrogen-bond acceptors (Lipinski definition) is 3. The second kappa shape index (κ2) is 12.0. The first-order valence-electron chi connectivity index (χ1n) is 15.5. The van der Waals surface area contributed by atoms with Crippen LogP contribution < -0.4 is 15.1 Å². The van der Waals surface area contributed by atoms with E-state index in [1.807, 2.05) is 18.3 Å². The van der Waals surface area contributed by atoms with Crippen LogP contribution in [-0.2, 0) is 6.42 Å². The van der Waals surface area contributed by atoms with Gasteiger partial charge in [0.15, 0.2) is 5.11 Å². The van der Waals surface area contributed by atoms with E-state index >= 15 is 0 Å². The fourth-order valence-electron chi connectivity index (χ4n) is 7.47. The van der Waals surface area contributed by atoms with Gasteiger partial charge in [-0.2, -0.15) is 0 Å². The number of rotatable bonds is 6. The van der Waals surface area contributed by atoms with Crippen LogP contribution in [0, 0.1) is 32.6 Å². The molecule has 1 N–H and O–H groups in total. The maximum atomic E-state index is 7.07. The summed E-state index contributed by atoms with van der Waals surface area (Å²) in [5.41, 5.74) is 10.6. The zero-order valence-electron chi connectivity index (χ0n) is 26.1. The van der Waals surface area contributed by atoms with Gasteiger partial charge in [-0.3, -0.25) is 4.98 Å². The van der Waals surface area contributed by atoms with Crippen LogP contribution in [0.5, 0.6) is 0 Å². The average molecular weight is 612 g/mol. The minimum Gasteiger partial charge on any atom is -0.370 e. The number of halogens is 1. The Kier molecular flexibility index (Phi) is 8.27. The van der Waals surface area contributed by atoms with Gasteiger partial charge in [0.05, 0.1) is 34.2 Å². The summed E-state index contributed by atoms with van der Waals surface area (Å²) in [6.07, 6.45) is 4.09. The van der Waals surface area contributed by atoms with Crippen molar-refractivity contribution in [2.24, 2.45) is 11.8 Å². The Morgan fingerprint density at radius 3 is 2.42 bits per heavy atom. The number of thiocarbonyl (C=S) groups is 1. The lowest BCUT2D eigenvalue weighted by Gasteiger charge is -2.37. The molecule has 224 valence electrons. The molecular weight excluding hydrogens is 570 g/mol. The summed E-state index contributed by atoms with van der Waals surface area (Å²) >= 11 is 13.1. The molecule has 0 saturated carbocycles. The first-order chi connectivity index (χ1) is 20.7. The predicted molar refractivity (Wildman–Crippen MR) is 184 cm³/mol. The van der Waals surface area contributed by atoms with Crippen molar-refractivity contribution in [2.75, 3.05) is 22.9 Å². The number of anilines is 2. The Balaban J connectivity index is 1.47. The third kappa shape index (κ3) is 5.44. The van der Waals surface area contributed by atoms with Crippen LogP contribution in [0.15, 0.2) is 66.9 Å². The molecule has 6 rings (SSSR count). The third-order valence-electron chi connectivity index (χ3n) is 9.23. The molecule has 0 bridgehead atoms. The first kappa shape index (κ1) is 29.7. The molecule has 4 atom stereocenters. The van der Waals surface area contributed by atoms with Crippen LogP contribution in [0.2, 0.25) is 5.02 Å². The van der Waals surface area contributed by atoms with Gasteiger partial charge in [0.2, 0.25) is 0 Å². The number of hydrogen-bond donors (Lipinski definition) is 1. The standard InChI is InChI=1S/C36H42ClN5S/c1-7-27-12-10-11-24(4)34(27)41-25(5)18-29(26(41)6)35-33(31-13-8-9-16-38-31)39-36(43)42(35)28-14-15-32(30(37)19-28)40-20-22(2)17-23(3)21-40/h8-16,18-19,22-23,33,35H,7,17,20-21H2,1-6H3,(H,39,43)/t22-,23+,33-,35-/m0/s1. The maximum absolute atomic E-state index is 7.07. The average Bonchev–Trinajstić information content (AvgIpc) is 3.47. The van der Waals surface area contributed by atoms with Gasteiger partial charge in [-0.05, 0) is 111 Å².